The minimum absolute atomic E-state index is 0.0771. The van der Waals surface area contributed by atoms with Crippen LogP contribution in [-0.4, -0.2) is 52.8 Å². The summed E-state index contributed by atoms with van der Waals surface area (Å²) in [5.41, 5.74) is 1.36. The van der Waals surface area contributed by atoms with Gasteiger partial charge in [-0.2, -0.15) is 4.31 Å². The Bertz CT molecular complexity index is 1370. The number of aryl methyl sites for hydroxylation is 1. The molecule has 9 nitrogen and oxygen atoms in total. The summed E-state index contributed by atoms with van der Waals surface area (Å²) in [4.78, 5) is 41.1. The SMILES string of the molecule is CC(=O)c1cccc(S(=O)(=O)N2CCC(C(=O)Nc3ccc(C(=O)c4nccn4C)cc3)CC2)c1. The molecule has 4 rings (SSSR count). The third kappa shape index (κ3) is 5.23. The fraction of sp³-hybridized carbons (Fsp3) is 0.280. The molecular weight excluding hydrogens is 468 g/mol. The number of imidazole rings is 1. The number of amides is 1. The van der Waals surface area contributed by atoms with Crippen LogP contribution in [0, 0.1) is 5.92 Å². The first-order chi connectivity index (χ1) is 16.7. The number of carbonyl (C=O) groups excluding carboxylic acids is 3. The zero-order valence-corrected chi connectivity index (χ0v) is 20.3. The number of rotatable bonds is 7. The van der Waals surface area contributed by atoms with Crippen LogP contribution >= 0.6 is 0 Å². The highest BCUT2D eigenvalue weighted by molar-refractivity contribution is 7.89. The van der Waals surface area contributed by atoms with Gasteiger partial charge in [0.25, 0.3) is 0 Å². The van der Waals surface area contributed by atoms with Crippen LogP contribution in [-0.2, 0) is 21.9 Å². The Kier molecular flexibility index (Phi) is 6.95. The molecule has 1 aromatic heterocycles. The first kappa shape index (κ1) is 24.5. The van der Waals surface area contributed by atoms with Crippen molar-refractivity contribution in [1.82, 2.24) is 13.9 Å². The first-order valence-electron chi connectivity index (χ1n) is 11.2. The van der Waals surface area contributed by atoms with Crippen molar-refractivity contribution < 1.29 is 22.8 Å². The van der Waals surface area contributed by atoms with Crippen LogP contribution in [0.4, 0.5) is 5.69 Å². The lowest BCUT2D eigenvalue weighted by molar-refractivity contribution is -0.120. The molecule has 0 bridgehead atoms. The molecule has 3 aromatic rings. The van der Waals surface area contributed by atoms with Crippen molar-refractivity contribution in [2.45, 2.75) is 24.7 Å². The van der Waals surface area contributed by atoms with E-state index in [1.807, 2.05) is 0 Å². The summed E-state index contributed by atoms with van der Waals surface area (Å²) in [6.45, 7) is 1.81. The van der Waals surface area contributed by atoms with Gasteiger partial charge in [0, 0.05) is 55.3 Å². The van der Waals surface area contributed by atoms with Crippen LogP contribution in [0.15, 0.2) is 65.8 Å². The Balaban J connectivity index is 1.35. The summed E-state index contributed by atoms with van der Waals surface area (Å²) in [7, 11) is -2.01. The second-order valence-corrected chi connectivity index (χ2v) is 10.5. The van der Waals surface area contributed by atoms with Gasteiger partial charge >= 0.3 is 0 Å². The average molecular weight is 495 g/mol. The van der Waals surface area contributed by atoms with Crippen molar-refractivity contribution in [3.05, 3.63) is 77.9 Å². The molecule has 1 N–H and O–H groups in total. The van der Waals surface area contributed by atoms with E-state index in [1.54, 1.807) is 60.4 Å². The third-order valence-corrected chi connectivity index (χ3v) is 8.04. The number of anilines is 1. The molecule has 2 heterocycles. The lowest BCUT2D eigenvalue weighted by Crippen LogP contribution is -2.41. The molecular formula is C25H26N4O5S. The lowest BCUT2D eigenvalue weighted by atomic mass is 9.97. The van der Waals surface area contributed by atoms with Crippen LogP contribution in [0.2, 0.25) is 0 Å². The van der Waals surface area contributed by atoms with Crippen LogP contribution in [0.5, 0.6) is 0 Å². The largest absolute Gasteiger partial charge is 0.331 e. The van der Waals surface area contributed by atoms with E-state index in [4.69, 9.17) is 0 Å². The summed E-state index contributed by atoms with van der Waals surface area (Å²) in [5.74, 6) is -0.608. The second-order valence-electron chi connectivity index (χ2n) is 8.52. The first-order valence-corrected chi connectivity index (χ1v) is 12.6. The van der Waals surface area contributed by atoms with Gasteiger partial charge in [0.15, 0.2) is 11.6 Å². The minimum Gasteiger partial charge on any atom is -0.331 e. The predicted molar refractivity (Wildman–Crippen MR) is 130 cm³/mol. The van der Waals surface area contributed by atoms with E-state index in [-0.39, 0.29) is 41.4 Å². The highest BCUT2D eigenvalue weighted by atomic mass is 32.2. The molecule has 0 atom stereocenters. The zero-order chi connectivity index (χ0) is 25.2. The molecule has 0 spiro atoms. The van der Waals surface area contributed by atoms with Crippen molar-refractivity contribution in [1.29, 1.82) is 0 Å². The summed E-state index contributed by atoms with van der Waals surface area (Å²) in [5, 5.41) is 2.85. The van der Waals surface area contributed by atoms with E-state index in [1.165, 1.54) is 23.4 Å². The average Bonchev–Trinajstić information content (AvgIpc) is 3.30. The predicted octanol–water partition coefficient (Wildman–Crippen LogP) is 2.89. The van der Waals surface area contributed by atoms with E-state index < -0.39 is 10.0 Å². The number of hydrogen-bond donors (Lipinski definition) is 1. The number of hydrogen-bond acceptors (Lipinski definition) is 6. The molecule has 1 saturated heterocycles. The minimum atomic E-state index is -3.75. The Labute approximate surface area is 203 Å². The summed E-state index contributed by atoms with van der Waals surface area (Å²) >= 11 is 0. The normalized spacial score (nSPS) is 15.0. The van der Waals surface area contributed by atoms with E-state index in [9.17, 15) is 22.8 Å². The van der Waals surface area contributed by atoms with Crippen molar-refractivity contribution >= 4 is 33.2 Å². The number of nitrogens with zero attached hydrogens (tertiary/aromatic N) is 3. The molecule has 1 aliphatic heterocycles. The Morgan fingerprint density at radius 2 is 1.69 bits per heavy atom. The van der Waals surface area contributed by atoms with Crippen LogP contribution in [0.3, 0.4) is 0 Å². The Morgan fingerprint density at radius 1 is 1.00 bits per heavy atom. The topological polar surface area (TPSA) is 118 Å². The lowest BCUT2D eigenvalue weighted by Gasteiger charge is -2.30. The maximum atomic E-state index is 13.0. The van der Waals surface area contributed by atoms with Crippen molar-refractivity contribution in [2.75, 3.05) is 18.4 Å². The molecule has 1 amide bonds. The number of nitrogens with one attached hydrogen (secondary N) is 1. The van der Waals surface area contributed by atoms with Crippen molar-refractivity contribution in [2.24, 2.45) is 13.0 Å². The molecule has 0 unspecified atom stereocenters. The Hall–Kier alpha value is -3.63. The molecule has 0 radical (unpaired) electrons. The zero-order valence-electron chi connectivity index (χ0n) is 19.5. The molecule has 2 aromatic carbocycles. The highest BCUT2D eigenvalue weighted by Gasteiger charge is 2.32. The van der Waals surface area contributed by atoms with E-state index >= 15 is 0 Å². The molecule has 10 heteroatoms. The Morgan fingerprint density at radius 3 is 2.29 bits per heavy atom. The number of carbonyl (C=O) groups is 3. The quantitative estimate of drug-likeness (QED) is 0.505. The van der Waals surface area contributed by atoms with E-state index in [0.29, 0.717) is 35.5 Å². The van der Waals surface area contributed by atoms with Gasteiger partial charge in [-0.1, -0.05) is 12.1 Å². The second kappa shape index (κ2) is 9.93. The van der Waals surface area contributed by atoms with Crippen LogP contribution in [0.1, 0.15) is 46.3 Å². The van der Waals surface area contributed by atoms with Crippen LogP contribution < -0.4 is 5.32 Å². The summed E-state index contributed by atoms with van der Waals surface area (Å²) < 4.78 is 29.0. The fourth-order valence-electron chi connectivity index (χ4n) is 4.05. The van der Waals surface area contributed by atoms with E-state index in [0.717, 1.165) is 0 Å². The van der Waals surface area contributed by atoms with Crippen molar-refractivity contribution in [3.63, 3.8) is 0 Å². The van der Waals surface area contributed by atoms with Gasteiger partial charge < -0.3 is 9.88 Å². The number of sulfonamides is 1. The van der Waals surface area contributed by atoms with Gasteiger partial charge in [0.05, 0.1) is 4.90 Å². The van der Waals surface area contributed by atoms with E-state index in [2.05, 4.69) is 10.3 Å². The maximum absolute atomic E-state index is 13.0. The molecule has 1 fully saturated rings. The molecule has 182 valence electrons. The van der Waals surface area contributed by atoms with Crippen molar-refractivity contribution in [3.8, 4) is 0 Å². The smallest absolute Gasteiger partial charge is 0.243 e. The summed E-state index contributed by atoms with van der Waals surface area (Å²) in [6.07, 6.45) is 4.02. The standard InChI is InChI=1S/C25H26N4O5S/c1-17(30)20-4-3-5-22(16-20)35(33,34)29-13-10-19(11-14-29)25(32)27-21-8-6-18(7-9-21)23(31)24-26-12-15-28(24)2/h3-9,12,15-16,19H,10-11,13-14H2,1-2H3,(H,27,32). The van der Waals surface area contributed by atoms with Gasteiger partial charge in [-0.15, -0.1) is 0 Å². The van der Waals surface area contributed by atoms with Gasteiger partial charge in [-0.25, -0.2) is 13.4 Å². The van der Waals surface area contributed by atoms with Gasteiger partial charge in [-0.05, 0) is 56.2 Å². The summed E-state index contributed by atoms with van der Waals surface area (Å²) in [6, 6.07) is 12.6. The van der Waals surface area contributed by atoms with Gasteiger partial charge in [0.1, 0.15) is 0 Å². The van der Waals surface area contributed by atoms with Gasteiger partial charge in [0.2, 0.25) is 21.7 Å². The number of ketones is 2. The fourth-order valence-corrected chi connectivity index (χ4v) is 5.56. The van der Waals surface area contributed by atoms with Crippen LogP contribution in [0.25, 0.3) is 0 Å². The third-order valence-electron chi connectivity index (χ3n) is 6.14. The van der Waals surface area contributed by atoms with Gasteiger partial charge in [-0.3, -0.25) is 14.4 Å². The molecule has 1 aliphatic rings. The number of aromatic nitrogens is 2. The number of Topliss-reactive ketones (excluding diaryl/α,β-unsaturated/α-hetero) is 1. The molecule has 35 heavy (non-hydrogen) atoms. The maximum Gasteiger partial charge on any atom is 0.243 e. The number of piperidine rings is 1. The number of benzene rings is 2. The molecule has 0 saturated carbocycles. The highest BCUT2D eigenvalue weighted by Crippen LogP contribution is 2.25. The molecule has 0 aliphatic carbocycles. The monoisotopic (exact) mass is 494 g/mol.